The zero-order chi connectivity index (χ0) is 18.7. The van der Waals surface area contributed by atoms with Crippen molar-refractivity contribution in [3.05, 3.63) is 36.4 Å². The van der Waals surface area contributed by atoms with Crippen LogP contribution in [0.3, 0.4) is 0 Å². The maximum atomic E-state index is 12.4. The Morgan fingerprint density at radius 3 is 1.96 bits per heavy atom. The highest BCUT2D eigenvalue weighted by Crippen LogP contribution is 2.35. The second-order valence-corrected chi connectivity index (χ2v) is 6.54. The molecule has 1 heterocycles. The number of benzene rings is 1. The second-order valence-electron chi connectivity index (χ2n) is 6.54. The van der Waals surface area contributed by atoms with Crippen LogP contribution in [0.25, 0.3) is 0 Å². The van der Waals surface area contributed by atoms with Crippen molar-refractivity contribution >= 4 is 35.0 Å². The van der Waals surface area contributed by atoms with Gasteiger partial charge >= 0.3 is 0 Å². The van der Waals surface area contributed by atoms with Crippen LogP contribution in [0, 0.1) is 11.8 Å². The van der Waals surface area contributed by atoms with E-state index in [9.17, 15) is 19.2 Å². The molecular formula is C19H21N3O4. The van der Waals surface area contributed by atoms with Gasteiger partial charge in [0.2, 0.25) is 23.6 Å². The van der Waals surface area contributed by atoms with Gasteiger partial charge in [-0.3, -0.25) is 24.1 Å². The molecule has 1 aromatic carbocycles. The molecule has 4 amide bonds. The fourth-order valence-corrected chi connectivity index (χ4v) is 3.37. The van der Waals surface area contributed by atoms with Crippen molar-refractivity contribution < 1.29 is 19.2 Å². The molecule has 0 radical (unpaired) electrons. The molecule has 136 valence electrons. The topological polar surface area (TPSA) is 95.6 Å². The number of carbonyl (C=O) groups excluding carboxylic acids is 4. The number of carbonyl (C=O) groups is 4. The summed E-state index contributed by atoms with van der Waals surface area (Å²) < 4.78 is 0. The molecule has 1 aliphatic carbocycles. The number of imide groups is 1. The predicted molar refractivity (Wildman–Crippen MR) is 96.1 cm³/mol. The Balaban J connectivity index is 1.52. The third-order valence-corrected chi connectivity index (χ3v) is 4.65. The first-order valence-corrected chi connectivity index (χ1v) is 8.63. The smallest absolute Gasteiger partial charge is 0.233 e. The molecule has 26 heavy (non-hydrogen) atoms. The molecule has 2 unspecified atom stereocenters. The fraction of sp³-hybridized carbons (Fsp3) is 0.368. The lowest BCUT2D eigenvalue weighted by molar-refractivity contribution is -0.140. The van der Waals surface area contributed by atoms with Gasteiger partial charge < -0.3 is 10.6 Å². The summed E-state index contributed by atoms with van der Waals surface area (Å²) >= 11 is 0. The monoisotopic (exact) mass is 355 g/mol. The molecule has 1 aromatic rings. The van der Waals surface area contributed by atoms with Crippen LogP contribution in [-0.4, -0.2) is 35.1 Å². The van der Waals surface area contributed by atoms with Gasteiger partial charge in [0.05, 0.1) is 11.8 Å². The van der Waals surface area contributed by atoms with Gasteiger partial charge in [-0.2, -0.15) is 0 Å². The second kappa shape index (κ2) is 7.51. The SMILES string of the molecule is CC(=O)Nc1ccc(NC(=O)CCN2C(=O)C3CC=CCC3C2=O)cc1. The van der Waals surface area contributed by atoms with E-state index in [4.69, 9.17) is 0 Å². The van der Waals surface area contributed by atoms with E-state index in [0.29, 0.717) is 24.2 Å². The normalized spacial score (nSPS) is 21.5. The van der Waals surface area contributed by atoms with Crippen molar-refractivity contribution in [3.8, 4) is 0 Å². The molecule has 7 nitrogen and oxygen atoms in total. The van der Waals surface area contributed by atoms with E-state index in [1.165, 1.54) is 11.8 Å². The van der Waals surface area contributed by atoms with Gasteiger partial charge in [-0.1, -0.05) is 12.2 Å². The lowest BCUT2D eigenvalue weighted by atomic mass is 9.85. The van der Waals surface area contributed by atoms with Crippen molar-refractivity contribution in [2.45, 2.75) is 26.2 Å². The molecule has 0 spiro atoms. The molecule has 1 fully saturated rings. The van der Waals surface area contributed by atoms with Crippen LogP contribution in [0.5, 0.6) is 0 Å². The molecule has 2 N–H and O–H groups in total. The fourth-order valence-electron chi connectivity index (χ4n) is 3.37. The zero-order valence-electron chi connectivity index (χ0n) is 14.5. The number of likely N-dealkylation sites (tertiary alicyclic amines) is 1. The molecule has 0 aromatic heterocycles. The third kappa shape index (κ3) is 3.82. The highest BCUT2D eigenvalue weighted by Gasteiger charge is 2.46. The van der Waals surface area contributed by atoms with Crippen molar-refractivity contribution in [2.75, 3.05) is 17.2 Å². The molecule has 2 atom stereocenters. The van der Waals surface area contributed by atoms with Crippen molar-refractivity contribution in [2.24, 2.45) is 11.8 Å². The summed E-state index contributed by atoms with van der Waals surface area (Å²) in [5.74, 6) is -1.31. The number of rotatable bonds is 5. The Morgan fingerprint density at radius 1 is 0.962 bits per heavy atom. The summed E-state index contributed by atoms with van der Waals surface area (Å²) in [6, 6.07) is 6.72. The molecule has 0 bridgehead atoms. The van der Waals surface area contributed by atoms with Crippen LogP contribution < -0.4 is 10.6 Å². The van der Waals surface area contributed by atoms with Crippen LogP contribution in [0.15, 0.2) is 36.4 Å². The van der Waals surface area contributed by atoms with E-state index in [2.05, 4.69) is 10.6 Å². The van der Waals surface area contributed by atoms with Gasteiger partial charge in [0.25, 0.3) is 0 Å². The quantitative estimate of drug-likeness (QED) is 0.623. The van der Waals surface area contributed by atoms with Crippen molar-refractivity contribution in [1.82, 2.24) is 4.90 Å². The average molecular weight is 355 g/mol. The van der Waals surface area contributed by atoms with Gasteiger partial charge in [-0.15, -0.1) is 0 Å². The van der Waals surface area contributed by atoms with E-state index >= 15 is 0 Å². The van der Waals surface area contributed by atoms with E-state index < -0.39 is 0 Å². The average Bonchev–Trinajstić information content (AvgIpc) is 2.86. The van der Waals surface area contributed by atoms with Crippen LogP contribution >= 0.6 is 0 Å². The number of hydrogen-bond acceptors (Lipinski definition) is 4. The zero-order valence-corrected chi connectivity index (χ0v) is 14.5. The largest absolute Gasteiger partial charge is 0.326 e. The first kappa shape index (κ1) is 17.8. The summed E-state index contributed by atoms with van der Waals surface area (Å²) in [5, 5.41) is 5.37. The summed E-state index contributed by atoms with van der Waals surface area (Å²) in [6.07, 6.45) is 5.12. The van der Waals surface area contributed by atoms with Crippen molar-refractivity contribution in [3.63, 3.8) is 0 Å². The number of anilines is 2. The molecule has 1 aliphatic heterocycles. The van der Waals surface area contributed by atoms with E-state index in [1.807, 2.05) is 12.2 Å². The van der Waals surface area contributed by atoms with Crippen LogP contribution in [0.1, 0.15) is 26.2 Å². The minimum Gasteiger partial charge on any atom is -0.326 e. The van der Waals surface area contributed by atoms with E-state index in [-0.39, 0.29) is 48.4 Å². The lowest BCUT2D eigenvalue weighted by Crippen LogP contribution is -2.34. The first-order chi connectivity index (χ1) is 12.5. The number of hydrogen-bond donors (Lipinski definition) is 2. The van der Waals surface area contributed by atoms with Gasteiger partial charge in [0.15, 0.2) is 0 Å². The highest BCUT2D eigenvalue weighted by atomic mass is 16.2. The Kier molecular flexibility index (Phi) is 5.16. The van der Waals surface area contributed by atoms with Gasteiger partial charge in [0, 0.05) is 31.3 Å². The minimum atomic E-state index is -0.272. The Hall–Kier alpha value is -2.96. The standard InChI is InChI=1S/C19H21N3O4/c1-12(23)20-13-6-8-14(9-7-13)21-17(24)10-11-22-18(25)15-4-2-3-5-16(15)19(22)26/h2-3,6-9,15-16H,4-5,10-11H2,1H3,(H,20,23)(H,21,24). The van der Waals surface area contributed by atoms with E-state index in [0.717, 1.165) is 0 Å². The van der Waals surface area contributed by atoms with Crippen molar-refractivity contribution in [1.29, 1.82) is 0 Å². The summed E-state index contributed by atoms with van der Waals surface area (Å²) in [4.78, 5) is 49.0. The Labute approximate surface area is 151 Å². The predicted octanol–water partition coefficient (Wildman–Crippen LogP) is 1.92. The summed E-state index contributed by atoms with van der Waals surface area (Å²) in [5.41, 5.74) is 1.22. The van der Waals surface area contributed by atoms with Gasteiger partial charge in [-0.05, 0) is 37.1 Å². The molecule has 7 heteroatoms. The van der Waals surface area contributed by atoms with Crippen LogP contribution in [0.4, 0.5) is 11.4 Å². The molecule has 1 saturated heterocycles. The molecule has 0 saturated carbocycles. The Morgan fingerprint density at radius 2 is 1.46 bits per heavy atom. The molecule has 2 aliphatic rings. The minimum absolute atomic E-state index is 0.0534. The summed E-state index contributed by atoms with van der Waals surface area (Å²) in [6.45, 7) is 1.52. The third-order valence-electron chi connectivity index (χ3n) is 4.65. The molecular weight excluding hydrogens is 334 g/mol. The number of fused-ring (bicyclic) bond motifs is 1. The van der Waals surface area contributed by atoms with Gasteiger partial charge in [-0.25, -0.2) is 0 Å². The maximum absolute atomic E-state index is 12.4. The number of nitrogens with zero attached hydrogens (tertiary/aromatic N) is 1. The number of amides is 4. The van der Waals surface area contributed by atoms with E-state index in [1.54, 1.807) is 24.3 Å². The number of allylic oxidation sites excluding steroid dienone is 2. The Bertz CT molecular complexity index is 743. The van der Waals surface area contributed by atoms with Gasteiger partial charge in [0.1, 0.15) is 0 Å². The first-order valence-electron chi connectivity index (χ1n) is 8.63. The number of nitrogens with one attached hydrogen (secondary N) is 2. The lowest BCUT2D eigenvalue weighted by Gasteiger charge is -2.14. The highest BCUT2D eigenvalue weighted by molar-refractivity contribution is 6.05. The molecule has 3 rings (SSSR count). The maximum Gasteiger partial charge on any atom is 0.233 e. The van der Waals surface area contributed by atoms with Crippen LogP contribution in [-0.2, 0) is 19.2 Å². The van der Waals surface area contributed by atoms with Crippen LogP contribution in [0.2, 0.25) is 0 Å². The summed E-state index contributed by atoms with van der Waals surface area (Å²) in [7, 11) is 0.